The van der Waals surface area contributed by atoms with E-state index in [0.29, 0.717) is 27.9 Å². The van der Waals surface area contributed by atoms with Crippen LogP contribution in [0.2, 0.25) is 0 Å². The van der Waals surface area contributed by atoms with E-state index >= 15 is 0 Å². The van der Waals surface area contributed by atoms with Gasteiger partial charge in [-0.15, -0.1) is 10.2 Å². The number of fused-ring (bicyclic) bond motifs is 2. The number of amides is 7. The number of aliphatic hydroxyl groups excluding tert-OH is 8. The van der Waals surface area contributed by atoms with Gasteiger partial charge in [-0.25, -0.2) is 0 Å². The summed E-state index contributed by atoms with van der Waals surface area (Å²) in [4.78, 5) is 104. The normalized spacial score (nSPS) is 25.0. The summed E-state index contributed by atoms with van der Waals surface area (Å²) in [5.74, 6) is -9.78. The Morgan fingerprint density at radius 1 is 0.737 bits per heavy atom. The van der Waals surface area contributed by atoms with E-state index in [-0.39, 0.29) is 30.8 Å². The van der Waals surface area contributed by atoms with E-state index in [4.69, 9.17) is 9.47 Å². The van der Waals surface area contributed by atoms with Gasteiger partial charge in [-0.1, -0.05) is 55.7 Å². The number of methoxy groups -OCH3 is 1. The predicted octanol–water partition coefficient (Wildman–Crippen LogP) is -1.65. The monoisotopic (exact) mass is 1370 g/mol. The lowest BCUT2D eigenvalue weighted by Gasteiger charge is -2.34. The predicted molar refractivity (Wildman–Crippen MR) is 341 cm³/mol. The van der Waals surface area contributed by atoms with E-state index in [1.54, 1.807) is 19.2 Å². The van der Waals surface area contributed by atoms with Crippen molar-refractivity contribution in [3.8, 4) is 38.4 Å². The summed E-state index contributed by atoms with van der Waals surface area (Å²) in [5, 5.41) is 123. The molecule has 3 aromatic carbocycles. The van der Waals surface area contributed by atoms with Gasteiger partial charge in [-0.05, 0) is 86.8 Å². The largest absolute Gasteiger partial charge is 0.504 e. The van der Waals surface area contributed by atoms with Gasteiger partial charge in [0.25, 0.3) is 17.1 Å². The molecule has 34 heteroatoms. The quantitative estimate of drug-likeness (QED) is 0.0313. The minimum atomic E-state index is -4.74. The molecule has 0 radical (unpaired) electrons. The van der Waals surface area contributed by atoms with E-state index in [2.05, 4.69) is 46.3 Å². The summed E-state index contributed by atoms with van der Waals surface area (Å²) in [6.07, 6.45) is -9.07. The number of phenols is 1. The van der Waals surface area contributed by atoms with Gasteiger partial charge in [-0.2, -0.15) is 0 Å². The highest BCUT2D eigenvalue weighted by Crippen LogP contribution is 2.41. The third-order valence-corrected chi connectivity index (χ3v) is 17.7. The number of phenolic OH excluding ortho intramolecular Hbond substituents is 1. The Bertz CT molecular complexity index is 3220. The van der Waals surface area contributed by atoms with Crippen molar-refractivity contribution in [2.24, 2.45) is 5.92 Å². The molecular formula is C61H86N10O22S2. The first-order valence-electron chi connectivity index (χ1n) is 31.0. The standard InChI is InChI=1S/C61H86N10O22S2/c1-32-29-71-51(52(32)80)57(85)63-28-38(74)25-42(64-53(81)35-10-12-36(13-11-35)58-68-69-59(94-58)37-14-16-41(17-15-37)92-22-8-6-4-5-7-21-91-3)54(82)65-48(33(2)73)60(86)70-30-39(75)26-43(70)55(83)66-49(46(79)23-34-9-18-44(77)47(24-34)93-95(88,89)90)56(84)67-50(61(71)87)45(78)19-20-62-27-40(76)31-72/h9-18,24,32-33,38-40,42-43,45-46,48-52,62,72-80,88-90H,4-8,19-23,25-31H2,1-3H3,(H,63,85)(H,64,81)(H,65,82)(H,66,83)(H,67,84)/t32-,33+,38+,39+,40?,42-,43-,45+,46+,48-,49-,50-,51-,52-/m0/s1. The van der Waals surface area contributed by atoms with Crippen LogP contribution in [0.5, 0.6) is 17.2 Å². The molecule has 0 spiro atoms. The molecule has 4 heterocycles. The molecule has 524 valence electrons. The second-order valence-electron chi connectivity index (χ2n) is 23.8. The van der Waals surface area contributed by atoms with E-state index in [0.717, 1.165) is 73.1 Å². The summed E-state index contributed by atoms with van der Waals surface area (Å²) in [6, 6.07) is 4.88. The Labute approximate surface area is 552 Å². The Kier molecular flexibility index (Phi) is 27.8. The first kappa shape index (κ1) is 75.1. The maximum absolute atomic E-state index is 14.9. The lowest BCUT2D eigenvalue weighted by atomic mass is 9.98. The zero-order chi connectivity index (χ0) is 69.3. The van der Waals surface area contributed by atoms with Crippen LogP contribution >= 0.6 is 22.5 Å². The number of hydrogen-bond acceptors (Lipinski definition) is 26. The molecule has 0 saturated carbocycles. The van der Waals surface area contributed by atoms with E-state index in [9.17, 15) is 93.2 Å². The van der Waals surface area contributed by atoms with Crippen molar-refractivity contribution < 1.29 is 107 Å². The topological polar surface area (TPSA) is 494 Å². The Morgan fingerprint density at radius 3 is 2.00 bits per heavy atom. The van der Waals surface area contributed by atoms with Crippen molar-refractivity contribution >= 4 is 63.8 Å². The van der Waals surface area contributed by atoms with Crippen molar-refractivity contribution in [3.05, 3.63) is 77.9 Å². The molecular weight excluding hydrogens is 1290 g/mol. The van der Waals surface area contributed by atoms with Gasteiger partial charge in [0.1, 0.15) is 52.0 Å². The minimum absolute atomic E-state index is 0.00395. The summed E-state index contributed by atoms with van der Waals surface area (Å²) in [5.41, 5.74) is 1.29. The molecule has 32 nitrogen and oxygen atoms in total. The number of aliphatic hydroxyl groups is 8. The molecule has 3 aliphatic rings. The molecule has 3 aliphatic heterocycles. The van der Waals surface area contributed by atoms with Crippen LogP contribution in [0, 0.1) is 5.92 Å². The molecule has 18 N–H and O–H groups in total. The van der Waals surface area contributed by atoms with Gasteiger partial charge in [0.2, 0.25) is 35.4 Å². The number of aromatic hydroxyl groups is 1. The zero-order valence-corrected chi connectivity index (χ0v) is 54.1. The molecule has 1 aromatic heterocycles. The minimum Gasteiger partial charge on any atom is -0.504 e. The number of carbonyl (C=O) groups excluding carboxylic acids is 7. The number of nitrogens with zero attached hydrogens (tertiary/aromatic N) is 4. The maximum Gasteiger partial charge on any atom is 0.266 e. The summed E-state index contributed by atoms with van der Waals surface area (Å²) in [7, 11) is 1.69. The number of benzene rings is 3. The highest BCUT2D eigenvalue weighted by molar-refractivity contribution is 8.15. The lowest BCUT2D eigenvalue weighted by Crippen LogP contribution is -2.64. The van der Waals surface area contributed by atoms with Crippen molar-refractivity contribution in [1.82, 2.24) is 51.9 Å². The van der Waals surface area contributed by atoms with Crippen molar-refractivity contribution in [2.45, 2.75) is 151 Å². The van der Waals surface area contributed by atoms with Crippen molar-refractivity contribution in [3.63, 3.8) is 0 Å². The highest BCUT2D eigenvalue weighted by atomic mass is 32.3. The summed E-state index contributed by atoms with van der Waals surface area (Å²) in [6.45, 7) is 1.18. The Balaban J connectivity index is 1.17. The SMILES string of the molecule is COCCCCCCCOc1ccc(-c2nnc(-c3ccc(C(=O)N[C@H]4C[C@@H](O)CNC(=O)[C@@H]5[C@@H](O)[C@@H](C)CN5C(=O)[C@H]([C@H](O)CCNCC(O)CO)NC(=O)[C@H]([C@H](O)Cc5ccc(O)c(OS(O)(O)O)c5)NC(=O)[C@@H]5C[C@@H](O)CN5C(=O)[C@H]([C@@H](C)O)NC4=O)cc3)s2)cc1. The number of ether oxygens (including phenoxy) is 2. The van der Waals surface area contributed by atoms with Gasteiger partial charge in [0.05, 0.1) is 55.9 Å². The van der Waals surface area contributed by atoms with Crippen LogP contribution in [0.15, 0.2) is 66.7 Å². The lowest BCUT2D eigenvalue weighted by molar-refractivity contribution is -0.147. The summed E-state index contributed by atoms with van der Waals surface area (Å²) >= 11 is -3.46. The average Bonchev–Trinajstić information content (AvgIpc) is 1.68. The number of unbranched alkanes of at least 4 members (excludes halogenated alkanes) is 4. The molecule has 0 bridgehead atoms. The van der Waals surface area contributed by atoms with Crippen LogP contribution in [-0.4, -0.2) is 260 Å². The van der Waals surface area contributed by atoms with Crippen LogP contribution in [0.4, 0.5) is 0 Å². The van der Waals surface area contributed by atoms with E-state index < -0.39 is 194 Å². The first-order valence-corrected chi connectivity index (χ1v) is 33.3. The van der Waals surface area contributed by atoms with Crippen LogP contribution in [-0.2, 0) is 39.9 Å². The molecule has 3 fully saturated rings. The smallest absolute Gasteiger partial charge is 0.266 e. The van der Waals surface area contributed by atoms with E-state index in [1.807, 2.05) is 24.3 Å². The number of rotatable bonds is 26. The molecule has 7 rings (SSSR count). The molecule has 95 heavy (non-hydrogen) atoms. The summed E-state index contributed by atoms with van der Waals surface area (Å²) < 4.78 is 44.4. The molecule has 4 aromatic rings. The Hall–Kier alpha value is -7.26. The molecule has 1 unspecified atom stereocenters. The zero-order valence-electron chi connectivity index (χ0n) is 52.5. The van der Waals surface area contributed by atoms with Gasteiger partial charge < -0.3 is 101 Å². The van der Waals surface area contributed by atoms with Gasteiger partial charge >= 0.3 is 0 Å². The number of nitrogens with one attached hydrogen (secondary N) is 6. The highest BCUT2D eigenvalue weighted by Gasteiger charge is 2.50. The molecule has 0 aliphatic carbocycles. The molecule has 3 saturated heterocycles. The molecule has 7 amide bonds. The third-order valence-electron chi connectivity index (χ3n) is 16.3. The maximum atomic E-state index is 14.9. The first-order chi connectivity index (χ1) is 45.2. The fourth-order valence-electron chi connectivity index (χ4n) is 11.1. The van der Waals surface area contributed by atoms with Crippen LogP contribution in [0.25, 0.3) is 21.1 Å². The van der Waals surface area contributed by atoms with Crippen molar-refractivity contribution in [2.75, 3.05) is 59.7 Å². The van der Waals surface area contributed by atoms with Crippen LogP contribution in [0.3, 0.4) is 0 Å². The van der Waals surface area contributed by atoms with Crippen LogP contribution in [0.1, 0.15) is 81.1 Å². The number of aromatic nitrogens is 2. The van der Waals surface area contributed by atoms with Crippen molar-refractivity contribution in [1.29, 1.82) is 0 Å². The van der Waals surface area contributed by atoms with E-state index in [1.165, 1.54) is 36.5 Å². The third kappa shape index (κ3) is 21.1. The number of carbonyl (C=O) groups is 7. The fraction of sp³-hybridized carbons (Fsp3) is 0.557. The van der Waals surface area contributed by atoms with Gasteiger partial charge in [0.15, 0.2) is 11.5 Å². The van der Waals surface area contributed by atoms with Gasteiger partial charge in [-0.3, -0.25) is 47.2 Å². The average molecular weight is 1380 g/mol. The Morgan fingerprint density at radius 2 is 1.36 bits per heavy atom. The van der Waals surface area contributed by atoms with Crippen LogP contribution < -0.4 is 40.8 Å². The number of hydrogen-bond donors (Lipinski definition) is 18. The number of β-amino-alcohol motifs (C(OH)–C–C–N with tert-alkyl or cyclic N) is 1. The second-order valence-corrected chi connectivity index (χ2v) is 25.9. The second kappa shape index (κ2) is 35.1. The fourth-order valence-corrected chi connectivity index (χ4v) is 12.4. The molecule has 14 atom stereocenters. The van der Waals surface area contributed by atoms with Gasteiger partial charge in [0, 0.05) is 81.8 Å².